The number of nitrogens with one attached hydrogen (secondary N) is 1. The summed E-state index contributed by atoms with van der Waals surface area (Å²) in [6.45, 7) is 4.71. The molecule has 3 aromatic rings. The highest BCUT2D eigenvalue weighted by Crippen LogP contribution is 2.27. The Morgan fingerprint density at radius 3 is 2.87 bits per heavy atom. The Hall–Kier alpha value is -2.45. The van der Waals surface area contributed by atoms with Crippen molar-refractivity contribution in [3.8, 4) is 5.75 Å². The van der Waals surface area contributed by atoms with Crippen LogP contribution in [0.4, 0.5) is 5.95 Å². The van der Waals surface area contributed by atoms with Crippen LogP contribution < -0.4 is 15.8 Å². The minimum absolute atomic E-state index is 0.316. The zero-order valence-corrected chi connectivity index (χ0v) is 13.0. The number of aromatic nitrogens is 4. The molecule has 8 heteroatoms. The number of methoxy groups -OCH3 is 1. The lowest BCUT2D eigenvalue weighted by Crippen LogP contribution is -2.43. The number of hydrogen-bond acceptors (Lipinski definition) is 7. The summed E-state index contributed by atoms with van der Waals surface area (Å²) in [5, 5.41) is 8.76. The molecule has 3 N–H and O–H groups in total. The SMILES string of the molecule is COc1cccc2c1nc(N)n1nc(CN3CCNCC3)nc21. The van der Waals surface area contributed by atoms with Gasteiger partial charge in [-0.3, -0.25) is 4.90 Å². The number of nitrogen functional groups attached to an aromatic ring is 1. The van der Waals surface area contributed by atoms with Crippen LogP contribution in [0.5, 0.6) is 5.75 Å². The lowest BCUT2D eigenvalue weighted by Gasteiger charge is -2.25. The summed E-state index contributed by atoms with van der Waals surface area (Å²) in [7, 11) is 1.62. The van der Waals surface area contributed by atoms with E-state index in [1.54, 1.807) is 11.6 Å². The highest BCUT2D eigenvalue weighted by atomic mass is 16.5. The van der Waals surface area contributed by atoms with Gasteiger partial charge in [0.15, 0.2) is 11.5 Å². The van der Waals surface area contributed by atoms with Gasteiger partial charge in [-0.25, -0.2) is 9.97 Å². The normalized spacial score (nSPS) is 16.2. The third-order valence-electron chi connectivity index (χ3n) is 4.13. The topological polar surface area (TPSA) is 93.6 Å². The second-order valence-corrected chi connectivity index (χ2v) is 5.62. The summed E-state index contributed by atoms with van der Waals surface area (Å²) in [6.07, 6.45) is 0. The average molecular weight is 313 g/mol. The number of para-hydroxylation sites is 1. The van der Waals surface area contributed by atoms with E-state index in [0.717, 1.165) is 43.0 Å². The second kappa shape index (κ2) is 5.64. The first kappa shape index (κ1) is 14.2. The van der Waals surface area contributed by atoms with Gasteiger partial charge in [-0.1, -0.05) is 6.07 Å². The van der Waals surface area contributed by atoms with Crippen LogP contribution in [0, 0.1) is 0 Å². The lowest BCUT2D eigenvalue weighted by atomic mass is 10.2. The maximum Gasteiger partial charge on any atom is 0.223 e. The molecule has 1 aliphatic heterocycles. The Kier molecular flexibility index (Phi) is 3.47. The van der Waals surface area contributed by atoms with E-state index >= 15 is 0 Å². The molecule has 0 saturated carbocycles. The van der Waals surface area contributed by atoms with Crippen LogP contribution in [0.25, 0.3) is 16.6 Å². The minimum atomic E-state index is 0.316. The van der Waals surface area contributed by atoms with E-state index in [1.165, 1.54) is 0 Å². The van der Waals surface area contributed by atoms with E-state index in [-0.39, 0.29) is 0 Å². The smallest absolute Gasteiger partial charge is 0.223 e. The molecule has 4 rings (SSSR count). The summed E-state index contributed by atoms with van der Waals surface area (Å²) in [6, 6.07) is 5.75. The Morgan fingerprint density at radius 1 is 1.26 bits per heavy atom. The number of fused-ring (bicyclic) bond motifs is 3. The summed E-state index contributed by atoms with van der Waals surface area (Å²) in [4.78, 5) is 11.4. The number of rotatable bonds is 3. The van der Waals surface area contributed by atoms with Crippen LogP contribution in [0.15, 0.2) is 18.2 Å². The molecule has 0 aliphatic carbocycles. The summed E-state index contributed by atoms with van der Waals surface area (Å²) < 4.78 is 6.98. The first-order valence-electron chi connectivity index (χ1n) is 7.67. The molecule has 120 valence electrons. The molecule has 1 fully saturated rings. The molecule has 0 atom stereocenters. The number of benzene rings is 1. The molecule has 23 heavy (non-hydrogen) atoms. The van der Waals surface area contributed by atoms with Crippen LogP contribution in [-0.4, -0.2) is 57.8 Å². The Morgan fingerprint density at radius 2 is 2.09 bits per heavy atom. The first-order chi connectivity index (χ1) is 11.3. The van der Waals surface area contributed by atoms with Gasteiger partial charge in [-0.05, 0) is 12.1 Å². The average Bonchev–Trinajstić information content (AvgIpc) is 3.00. The molecule has 1 aromatic carbocycles. The summed E-state index contributed by atoms with van der Waals surface area (Å²) >= 11 is 0. The van der Waals surface area contributed by atoms with Gasteiger partial charge in [0.05, 0.1) is 13.7 Å². The van der Waals surface area contributed by atoms with E-state index in [4.69, 9.17) is 10.5 Å². The van der Waals surface area contributed by atoms with Gasteiger partial charge in [0.2, 0.25) is 5.95 Å². The highest BCUT2D eigenvalue weighted by Gasteiger charge is 2.17. The van der Waals surface area contributed by atoms with Gasteiger partial charge in [-0.2, -0.15) is 4.52 Å². The third-order valence-corrected chi connectivity index (χ3v) is 4.13. The predicted octanol–water partition coefficient (Wildman–Crippen LogP) is 0.273. The van der Waals surface area contributed by atoms with Crippen LogP contribution >= 0.6 is 0 Å². The van der Waals surface area contributed by atoms with E-state index in [2.05, 4.69) is 25.3 Å². The molecule has 8 nitrogen and oxygen atoms in total. The first-order valence-corrected chi connectivity index (χ1v) is 7.67. The zero-order chi connectivity index (χ0) is 15.8. The van der Waals surface area contributed by atoms with Gasteiger partial charge >= 0.3 is 0 Å². The molecular weight excluding hydrogens is 294 g/mol. The predicted molar refractivity (Wildman–Crippen MR) is 87.4 cm³/mol. The number of ether oxygens (including phenoxy) is 1. The van der Waals surface area contributed by atoms with Crippen molar-refractivity contribution >= 4 is 22.5 Å². The van der Waals surface area contributed by atoms with Gasteiger partial charge in [-0.15, -0.1) is 5.10 Å². The molecule has 0 bridgehead atoms. The number of nitrogens with zero attached hydrogens (tertiary/aromatic N) is 5. The van der Waals surface area contributed by atoms with Crippen molar-refractivity contribution in [1.82, 2.24) is 29.8 Å². The van der Waals surface area contributed by atoms with Gasteiger partial charge in [0, 0.05) is 31.6 Å². The molecule has 3 heterocycles. The highest BCUT2D eigenvalue weighted by molar-refractivity contribution is 5.95. The third kappa shape index (κ3) is 2.45. The molecule has 1 saturated heterocycles. The van der Waals surface area contributed by atoms with Crippen molar-refractivity contribution in [2.24, 2.45) is 0 Å². The minimum Gasteiger partial charge on any atom is -0.494 e. The standard InChI is InChI=1S/C15H19N7O/c1-23-11-4-2-3-10-13(11)19-15(16)22-14(10)18-12(20-22)9-21-7-5-17-6-8-21/h2-4,17H,5-9H2,1H3,(H2,16,19). The van der Waals surface area contributed by atoms with Crippen LogP contribution in [0.1, 0.15) is 5.82 Å². The number of piperazine rings is 1. The van der Waals surface area contributed by atoms with E-state index in [1.807, 2.05) is 18.2 Å². The summed E-state index contributed by atoms with van der Waals surface area (Å²) in [5.74, 6) is 1.76. The van der Waals surface area contributed by atoms with Gasteiger partial charge in [0.25, 0.3) is 0 Å². The molecule has 1 aliphatic rings. The maximum atomic E-state index is 6.06. The fourth-order valence-electron chi connectivity index (χ4n) is 2.97. The van der Waals surface area contributed by atoms with Crippen molar-refractivity contribution in [3.63, 3.8) is 0 Å². The Balaban J connectivity index is 1.80. The van der Waals surface area contributed by atoms with Crippen molar-refractivity contribution in [2.45, 2.75) is 6.54 Å². The fourth-order valence-corrected chi connectivity index (χ4v) is 2.97. The van der Waals surface area contributed by atoms with Crippen LogP contribution in [0.2, 0.25) is 0 Å². The van der Waals surface area contributed by atoms with Crippen molar-refractivity contribution in [2.75, 3.05) is 39.0 Å². The number of nitrogens with two attached hydrogens (primary N) is 1. The molecule has 0 unspecified atom stereocenters. The Labute approximate surface area is 133 Å². The van der Waals surface area contributed by atoms with E-state index < -0.39 is 0 Å². The van der Waals surface area contributed by atoms with Gasteiger partial charge < -0.3 is 15.8 Å². The molecule has 0 amide bonds. The molecular formula is C15H19N7O. The second-order valence-electron chi connectivity index (χ2n) is 5.62. The molecule has 2 aromatic heterocycles. The van der Waals surface area contributed by atoms with Crippen molar-refractivity contribution < 1.29 is 4.74 Å². The van der Waals surface area contributed by atoms with E-state index in [9.17, 15) is 0 Å². The van der Waals surface area contributed by atoms with Crippen molar-refractivity contribution in [3.05, 3.63) is 24.0 Å². The summed E-state index contributed by atoms with van der Waals surface area (Å²) in [5.41, 5.74) is 7.49. The largest absolute Gasteiger partial charge is 0.494 e. The van der Waals surface area contributed by atoms with Gasteiger partial charge in [0.1, 0.15) is 11.3 Å². The number of hydrogen-bond donors (Lipinski definition) is 2. The fraction of sp³-hybridized carbons (Fsp3) is 0.400. The molecule has 0 spiro atoms. The Bertz CT molecular complexity index is 854. The monoisotopic (exact) mass is 313 g/mol. The zero-order valence-electron chi connectivity index (χ0n) is 13.0. The quantitative estimate of drug-likeness (QED) is 0.717. The van der Waals surface area contributed by atoms with Crippen LogP contribution in [0.3, 0.4) is 0 Å². The van der Waals surface area contributed by atoms with Crippen LogP contribution in [-0.2, 0) is 6.54 Å². The van der Waals surface area contributed by atoms with E-state index in [0.29, 0.717) is 23.8 Å². The molecule has 0 radical (unpaired) electrons. The lowest BCUT2D eigenvalue weighted by molar-refractivity contribution is 0.228. The van der Waals surface area contributed by atoms with Crippen molar-refractivity contribution in [1.29, 1.82) is 0 Å². The maximum absolute atomic E-state index is 6.06. The number of anilines is 1.